The first-order valence-electron chi connectivity index (χ1n) is 16.3. The van der Waals surface area contributed by atoms with Crippen LogP contribution in [0, 0.1) is 42.9 Å². The quantitative estimate of drug-likeness (QED) is 0.0603. The zero-order valence-corrected chi connectivity index (χ0v) is 30.0. The highest BCUT2D eigenvalue weighted by Crippen LogP contribution is 2.44. The number of benzene rings is 4. The second kappa shape index (κ2) is 14.9. The second-order valence-corrected chi connectivity index (χ2v) is 14.3. The molecule has 0 bridgehead atoms. The third-order valence-electron chi connectivity index (χ3n) is 8.79. The molecule has 2 amide bonds. The Hall–Kier alpha value is -7.85. The van der Waals surface area contributed by atoms with Gasteiger partial charge in [-0.05, 0) is 96.1 Å². The molecular formula is C41H21N5O8S2. The van der Waals surface area contributed by atoms with E-state index in [4.69, 9.17) is 0 Å². The van der Waals surface area contributed by atoms with Gasteiger partial charge in [0.25, 0.3) is 23.2 Å². The number of rotatable bonds is 10. The lowest BCUT2D eigenvalue weighted by atomic mass is 9.95. The molecule has 0 atom stereocenters. The molecule has 15 heteroatoms. The average Bonchev–Trinajstić information content (AvgIpc) is 3.94. The maximum Gasteiger partial charge on any atom is 0.335 e. The minimum Gasteiger partial charge on any atom is -0.478 e. The number of nitro groups is 2. The number of carboxylic acid groups (broad SMARTS) is 1. The van der Waals surface area contributed by atoms with Gasteiger partial charge in [0.2, 0.25) is 0 Å². The smallest absolute Gasteiger partial charge is 0.335 e. The summed E-state index contributed by atoms with van der Waals surface area (Å²) in [7, 11) is 0. The van der Waals surface area contributed by atoms with E-state index >= 15 is 0 Å². The van der Waals surface area contributed by atoms with E-state index in [1.54, 1.807) is 48.6 Å². The fourth-order valence-corrected chi connectivity index (χ4v) is 8.05. The van der Waals surface area contributed by atoms with E-state index < -0.39 is 27.6 Å². The first kappa shape index (κ1) is 36.5. The van der Waals surface area contributed by atoms with Crippen molar-refractivity contribution in [3.8, 4) is 33.0 Å². The van der Waals surface area contributed by atoms with Crippen LogP contribution in [0.1, 0.15) is 52.0 Å². The van der Waals surface area contributed by atoms with E-state index in [9.17, 15) is 50.2 Å². The number of hydrogen-bond donors (Lipinski definition) is 1. The number of nitro benzene ring substituents is 2. The highest BCUT2D eigenvalue weighted by Gasteiger charge is 2.41. The molecular weight excluding hydrogens is 755 g/mol. The summed E-state index contributed by atoms with van der Waals surface area (Å²) in [5.74, 6) is -2.42. The van der Waals surface area contributed by atoms with Crippen LogP contribution >= 0.6 is 22.7 Å². The molecule has 3 heterocycles. The number of allylic oxidation sites excluding steroid dienone is 2. The minimum atomic E-state index is -1.17. The molecule has 0 saturated heterocycles. The van der Waals surface area contributed by atoms with E-state index in [-0.39, 0.29) is 44.9 Å². The Morgan fingerprint density at radius 1 is 0.607 bits per heavy atom. The van der Waals surface area contributed by atoms with Crippen molar-refractivity contribution < 1.29 is 29.3 Å². The van der Waals surface area contributed by atoms with Gasteiger partial charge in [0, 0.05) is 54.9 Å². The standard InChI is InChI=1S/C41H21N5O8S2/c42-21-26(23-1-9-29(10-2-23)45(51)52)19-31-13-17-35(55-31)33-15-16-34(38-37(33)39(47)44(40(38)48)28-7-5-25(6-8-28)41(49)50)36-18-14-32(56-36)20-27(22-43)24-3-11-30(12-4-24)46(53)54/h1-20H,(H,49,50)/b26-19+,27-20+. The number of hydrogen-bond acceptors (Lipinski definition) is 11. The average molecular weight is 776 g/mol. The number of anilines is 1. The van der Waals surface area contributed by atoms with Crippen molar-refractivity contribution in [3.05, 3.63) is 167 Å². The molecule has 1 aliphatic rings. The zero-order chi connectivity index (χ0) is 39.7. The lowest BCUT2D eigenvalue weighted by Crippen LogP contribution is -2.29. The van der Waals surface area contributed by atoms with Gasteiger partial charge in [-0.2, -0.15) is 10.5 Å². The maximum atomic E-state index is 14.3. The number of nitrogens with zero attached hydrogens (tertiary/aromatic N) is 5. The Labute approximate surface area is 324 Å². The third kappa shape index (κ3) is 6.85. The predicted octanol–water partition coefficient (Wildman–Crippen LogP) is 9.59. The highest BCUT2D eigenvalue weighted by atomic mass is 32.1. The van der Waals surface area contributed by atoms with Crippen molar-refractivity contribution in [2.75, 3.05) is 4.90 Å². The summed E-state index contributed by atoms with van der Waals surface area (Å²) in [4.78, 5) is 64.8. The minimum absolute atomic E-state index is 0.0268. The molecule has 1 aliphatic heterocycles. The fourth-order valence-electron chi connectivity index (χ4n) is 6.08. The van der Waals surface area contributed by atoms with Crippen molar-refractivity contribution in [1.29, 1.82) is 10.5 Å². The molecule has 7 rings (SSSR count). The van der Waals surface area contributed by atoms with Crippen LogP contribution in [0.4, 0.5) is 17.1 Å². The number of carbonyl (C=O) groups excluding carboxylic acids is 2. The Morgan fingerprint density at radius 3 is 1.36 bits per heavy atom. The Kier molecular flexibility index (Phi) is 9.70. The van der Waals surface area contributed by atoms with Gasteiger partial charge in [0.05, 0.1) is 55.5 Å². The van der Waals surface area contributed by atoms with Gasteiger partial charge in [-0.3, -0.25) is 29.8 Å². The number of imide groups is 1. The van der Waals surface area contributed by atoms with Gasteiger partial charge >= 0.3 is 5.97 Å². The van der Waals surface area contributed by atoms with Crippen LogP contribution in [0.5, 0.6) is 0 Å². The van der Waals surface area contributed by atoms with Crippen LogP contribution in [0.2, 0.25) is 0 Å². The van der Waals surface area contributed by atoms with Gasteiger partial charge in [-0.25, -0.2) is 9.69 Å². The first-order chi connectivity index (χ1) is 27.0. The molecule has 6 aromatic rings. The normalized spacial score (nSPS) is 12.6. The van der Waals surface area contributed by atoms with Crippen molar-refractivity contribution in [3.63, 3.8) is 0 Å². The number of carbonyl (C=O) groups is 3. The second-order valence-electron chi connectivity index (χ2n) is 12.1. The van der Waals surface area contributed by atoms with Crippen molar-refractivity contribution in [1.82, 2.24) is 0 Å². The van der Waals surface area contributed by atoms with Gasteiger partial charge in [-0.1, -0.05) is 12.1 Å². The number of aromatic carboxylic acids is 1. The molecule has 4 aromatic carbocycles. The van der Waals surface area contributed by atoms with Crippen LogP contribution < -0.4 is 4.90 Å². The largest absolute Gasteiger partial charge is 0.478 e. The molecule has 2 aromatic heterocycles. The molecule has 56 heavy (non-hydrogen) atoms. The lowest BCUT2D eigenvalue weighted by molar-refractivity contribution is -0.385. The molecule has 13 nitrogen and oxygen atoms in total. The van der Waals surface area contributed by atoms with E-state index in [2.05, 4.69) is 12.1 Å². The van der Waals surface area contributed by atoms with Crippen molar-refractivity contribution >= 4 is 80.8 Å². The lowest BCUT2D eigenvalue weighted by Gasteiger charge is -2.14. The molecule has 0 saturated carbocycles. The molecule has 1 N–H and O–H groups in total. The van der Waals surface area contributed by atoms with Gasteiger partial charge < -0.3 is 5.11 Å². The summed E-state index contributed by atoms with van der Waals surface area (Å²) in [6, 6.07) is 31.3. The molecule has 0 radical (unpaired) electrons. The number of non-ortho nitro benzene ring substituents is 2. The summed E-state index contributed by atoms with van der Waals surface area (Å²) < 4.78 is 0. The van der Waals surface area contributed by atoms with Crippen LogP contribution in [-0.2, 0) is 0 Å². The van der Waals surface area contributed by atoms with E-state index in [1.165, 1.54) is 95.5 Å². The van der Waals surface area contributed by atoms with Gasteiger partial charge in [0.1, 0.15) is 0 Å². The maximum absolute atomic E-state index is 14.3. The Balaban J connectivity index is 1.30. The van der Waals surface area contributed by atoms with Crippen LogP contribution in [0.25, 0.3) is 44.2 Å². The van der Waals surface area contributed by atoms with Crippen LogP contribution in [-0.4, -0.2) is 32.7 Å². The summed E-state index contributed by atoms with van der Waals surface area (Å²) in [6.45, 7) is 0. The summed E-state index contributed by atoms with van der Waals surface area (Å²) >= 11 is 2.53. The number of thiophene rings is 2. The van der Waals surface area contributed by atoms with Crippen molar-refractivity contribution in [2.24, 2.45) is 0 Å². The molecule has 0 aliphatic carbocycles. The van der Waals surface area contributed by atoms with Gasteiger partial charge in [0.15, 0.2) is 0 Å². The third-order valence-corrected chi connectivity index (χ3v) is 10.9. The number of amides is 2. The van der Waals surface area contributed by atoms with Gasteiger partial charge in [-0.15, -0.1) is 22.7 Å². The summed E-state index contributed by atoms with van der Waals surface area (Å²) in [5, 5.41) is 51.4. The van der Waals surface area contributed by atoms with E-state index in [1.807, 2.05) is 0 Å². The molecule has 270 valence electrons. The fraction of sp³-hybridized carbons (Fsp3) is 0. The number of fused-ring (bicyclic) bond motifs is 1. The SMILES string of the molecule is N#C/C(=C\c1ccc(-c2ccc(-c3ccc(/C=C(\C#N)c4ccc([N+](=O)[O-])cc4)s3)c3c2C(=O)N(c2ccc(C(=O)O)cc2)C3=O)s1)c1ccc([N+](=O)[O-])cc1. The zero-order valence-electron chi connectivity index (χ0n) is 28.4. The summed E-state index contributed by atoms with van der Waals surface area (Å²) in [6.07, 6.45) is 3.25. The van der Waals surface area contributed by atoms with E-state index in [0.29, 0.717) is 41.8 Å². The molecule has 0 spiro atoms. The van der Waals surface area contributed by atoms with E-state index in [0.717, 1.165) is 4.90 Å². The number of nitriles is 2. The first-order valence-corrected chi connectivity index (χ1v) is 17.9. The predicted molar refractivity (Wildman–Crippen MR) is 211 cm³/mol. The Morgan fingerprint density at radius 2 is 1.00 bits per heavy atom. The van der Waals surface area contributed by atoms with Crippen LogP contribution in [0.3, 0.4) is 0 Å². The molecule has 0 unspecified atom stereocenters. The highest BCUT2D eigenvalue weighted by molar-refractivity contribution is 7.17. The van der Waals surface area contributed by atoms with Crippen LogP contribution in [0.15, 0.2) is 109 Å². The molecule has 0 fully saturated rings. The topological polar surface area (TPSA) is 209 Å². The number of carboxylic acids is 1. The van der Waals surface area contributed by atoms with Crippen molar-refractivity contribution in [2.45, 2.75) is 0 Å². The Bertz CT molecular complexity index is 2620. The summed E-state index contributed by atoms with van der Waals surface area (Å²) in [5.41, 5.74) is 2.53. The monoisotopic (exact) mass is 775 g/mol.